The number of fused-ring (bicyclic) bond motifs is 2. The molecule has 2 aromatic heterocycles. The zero-order valence-electron chi connectivity index (χ0n) is 21.8. The van der Waals surface area contributed by atoms with Gasteiger partial charge in [-0.1, -0.05) is 36.4 Å². The number of aromatic nitrogens is 3. The summed E-state index contributed by atoms with van der Waals surface area (Å²) in [5.41, 5.74) is 5.81. The zero-order valence-corrected chi connectivity index (χ0v) is 22.6. The minimum absolute atomic E-state index is 0.0361. The Morgan fingerprint density at radius 1 is 1.10 bits per heavy atom. The van der Waals surface area contributed by atoms with Crippen LogP contribution < -0.4 is 15.5 Å². The number of nitrogens with zero attached hydrogens (tertiary/aromatic N) is 3. The normalized spacial score (nSPS) is 13.8. The highest BCUT2D eigenvalue weighted by Crippen LogP contribution is 2.38. The van der Waals surface area contributed by atoms with Gasteiger partial charge in [0.25, 0.3) is 0 Å². The Balaban J connectivity index is 1.19. The molecule has 4 N–H and O–H groups in total. The quantitative estimate of drug-likeness (QED) is 0.207. The van der Waals surface area contributed by atoms with Crippen molar-refractivity contribution in [1.82, 2.24) is 14.8 Å². The molecular formula is C30H28N6O3S. The van der Waals surface area contributed by atoms with Gasteiger partial charge >= 0.3 is 6.03 Å². The third-order valence-electron chi connectivity index (χ3n) is 6.69. The first-order chi connectivity index (χ1) is 19.4. The molecule has 0 fully saturated rings. The van der Waals surface area contributed by atoms with Gasteiger partial charge in [0.1, 0.15) is 0 Å². The molecule has 40 heavy (non-hydrogen) atoms. The van der Waals surface area contributed by atoms with Crippen molar-refractivity contribution < 1.29 is 14.7 Å². The van der Waals surface area contributed by atoms with Crippen LogP contribution in [-0.4, -0.2) is 43.7 Å². The number of H-pyrrole nitrogens is 1. The minimum atomic E-state index is -0.490. The lowest BCUT2D eigenvalue weighted by atomic mass is 10.1. The number of amides is 3. The Kier molecular flexibility index (Phi) is 7.02. The number of anilines is 3. The molecule has 0 spiro atoms. The van der Waals surface area contributed by atoms with E-state index in [2.05, 4.69) is 20.7 Å². The topological polar surface area (TPSA) is 115 Å². The zero-order chi connectivity index (χ0) is 27.6. The van der Waals surface area contributed by atoms with E-state index >= 15 is 0 Å². The van der Waals surface area contributed by atoms with E-state index < -0.39 is 6.10 Å². The van der Waals surface area contributed by atoms with Gasteiger partial charge in [-0.25, -0.2) is 4.79 Å². The van der Waals surface area contributed by atoms with Crippen LogP contribution in [0.1, 0.15) is 12.5 Å². The van der Waals surface area contributed by atoms with Crippen molar-refractivity contribution in [3.8, 4) is 11.1 Å². The summed E-state index contributed by atoms with van der Waals surface area (Å²) in [4.78, 5) is 31.8. The fourth-order valence-electron chi connectivity index (χ4n) is 4.79. The number of nitrogens with one attached hydrogen (secondary N) is 3. The summed E-state index contributed by atoms with van der Waals surface area (Å²) in [6, 6.07) is 21.1. The van der Waals surface area contributed by atoms with Crippen LogP contribution in [0, 0.1) is 0 Å². The Hall–Kier alpha value is -4.54. The predicted octanol–water partition coefficient (Wildman–Crippen LogP) is 5.70. The fraction of sp³-hybridized carbons (Fsp3) is 0.167. The molecule has 1 atom stereocenters. The van der Waals surface area contributed by atoms with Crippen LogP contribution in [0.2, 0.25) is 0 Å². The van der Waals surface area contributed by atoms with Crippen LogP contribution in [0.15, 0.2) is 90.2 Å². The van der Waals surface area contributed by atoms with Gasteiger partial charge in [-0.05, 0) is 48.4 Å². The average molecular weight is 553 g/mol. The van der Waals surface area contributed by atoms with E-state index in [1.807, 2.05) is 72.9 Å². The number of carbonyl (C=O) groups is 2. The first-order valence-corrected chi connectivity index (χ1v) is 13.9. The molecule has 3 heterocycles. The Bertz CT molecular complexity index is 1690. The SMILES string of the molecule is CC(O)Cn1cc(-c2ccc3[nH]cc(NC(=O)Nc4ccc5c(c4)N(Cc4ccccc4)C(=O)CS5)c3c2)cn1. The van der Waals surface area contributed by atoms with E-state index in [4.69, 9.17) is 0 Å². The van der Waals surface area contributed by atoms with Gasteiger partial charge in [-0.3, -0.25) is 9.48 Å². The summed E-state index contributed by atoms with van der Waals surface area (Å²) in [6.07, 6.45) is 4.92. The molecule has 6 rings (SSSR count). The third-order valence-corrected chi connectivity index (χ3v) is 7.74. The molecule has 0 saturated carbocycles. The molecule has 202 valence electrons. The summed E-state index contributed by atoms with van der Waals surface area (Å²) < 4.78 is 1.71. The molecule has 0 aliphatic carbocycles. The number of aliphatic hydroxyl groups is 1. The second-order valence-electron chi connectivity index (χ2n) is 9.78. The van der Waals surface area contributed by atoms with E-state index in [-0.39, 0.29) is 11.9 Å². The van der Waals surface area contributed by atoms with Crippen molar-refractivity contribution in [2.75, 3.05) is 21.3 Å². The summed E-state index contributed by atoms with van der Waals surface area (Å²) in [5.74, 6) is 0.422. The average Bonchev–Trinajstić information content (AvgIpc) is 3.57. The maximum atomic E-state index is 13.0. The summed E-state index contributed by atoms with van der Waals surface area (Å²) in [6.45, 7) is 2.61. The second kappa shape index (κ2) is 10.9. The Labute approximate surface area is 235 Å². The number of hydrogen-bond donors (Lipinski definition) is 4. The summed E-state index contributed by atoms with van der Waals surface area (Å²) >= 11 is 1.51. The largest absolute Gasteiger partial charge is 0.391 e. The van der Waals surface area contributed by atoms with E-state index in [0.29, 0.717) is 30.2 Å². The van der Waals surface area contributed by atoms with Gasteiger partial charge in [-0.15, -0.1) is 11.8 Å². The van der Waals surface area contributed by atoms with Crippen LogP contribution in [0.5, 0.6) is 0 Å². The molecule has 3 amide bonds. The van der Waals surface area contributed by atoms with E-state index in [0.717, 1.165) is 38.2 Å². The Morgan fingerprint density at radius 2 is 1.95 bits per heavy atom. The number of benzene rings is 3. The van der Waals surface area contributed by atoms with Crippen molar-refractivity contribution in [1.29, 1.82) is 0 Å². The van der Waals surface area contributed by atoms with Gasteiger partial charge in [0.15, 0.2) is 0 Å². The lowest BCUT2D eigenvalue weighted by Crippen LogP contribution is -2.34. The maximum absolute atomic E-state index is 13.0. The molecule has 0 bridgehead atoms. The van der Waals surface area contributed by atoms with E-state index in [1.54, 1.807) is 28.9 Å². The molecule has 5 aromatic rings. The number of carbonyl (C=O) groups excluding carboxylic acids is 2. The molecule has 1 unspecified atom stereocenters. The van der Waals surface area contributed by atoms with Crippen LogP contribution in [0.4, 0.5) is 21.9 Å². The lowest BCUT2D eigenvalue weighted by molar-refractivity contribution is -0.116. The van der Waals surface area contributed by atoms with E-state index in [1.165, 1.54) is 11.8 Å². The van der Waals surface area contributed by atoms with Crippen molar-refractivity contribution in [2.45, 2.75) is 31.0 Å². The van der Waals surface area contributed by atoms with E-state index in [9.17, 15) is 14.7 Å². The standard InChI is InChI=1S/C30H28N6O3S/c1-19(37)15-35-17-22(13-32-35)21-7-9-25-24(11-21)26(14-31-25)34-30(39)33-23-8-10-28-27(12-23)36(29(38)18-40-28)16-20-5-3-2-4-6-20/h2-14,17,19,31,37H,15-16,18H2,1H3,(H2,33,34,39). The molecule has 1 aliphatic rings. The van der Waals surface area contributed by atoms with Gasteiger partial charge in [-0.2, -0.15) is 5.10 Å². The second-order valence-corrected chi connectivity index (χ2v) is 10.8. The van der Waals surface area contributed by atoms with Crippen LogP contribution >= 0.6 is 11.8 Å². The van der Waals surface area contributed by atoms with Crippen LogP contribution in [0.3, 0.4) is 0 Å². The number of thioether (sulfide) groups is 1. The van der Waals surface area contributed by atoms with Gasteiger partial charge in [0.05, 0.1) is 42.5 Å². The van der Waals surface area contributed by atoms with Gasteiger partial charge in [0.2, 0.25) is 5.91 Å². The number of rotatable bonds is 7. The summed E-state index contributed by atoms with van der Waals surface area (Å²) in [7, 11) is 0. The van der Waals surface area contributed by atoms with Crippen molar-refractivity contribution in [2.24, 2.45) is 0 Å². The highest BCUT2D eigenvalue weighted by molar-refractivity contribution is 8.00. The molecule has 0 saturated heterocycles. The molecule has 9 nitrogen and oxygen atoms in total. The van der Waals surface area contributed by atoms with Gasteiger partial charge < -0.3 is 25.6 Å². The molecule has 10 heteroatoms. The van der Waals surface area contributed by atoms with Crippen LogP contribution in [-0.2, 0) is 17.9 Å². The number of aliphatic hydroxyl groups excluding tert-OH is 1. The van der Waals surface area contributed by atoms with Crippen molar-refractivity contribution in [3.05, 3.63) is 90.9 Å². The molecule has 3 aromatic carbocycles. The number of hydrogen-bond acceptors (Lipinski definition) is 5. The minimum Gasteiger partial charge on any atom is -0.391 e. The smallest absolute Gasteiger partial charge is 0.323 e. The highest BCUT2D eigenvalue weighted by atomic mass is 32.2. The first-order valence-electron chi connectivity index (χ1n) is 12.9. The third kappa shape index (κ3) is 5.45. The monoisotopic (exact) mass is 552 g/mol. The molecule has 1 aliphatic heterocycles. The van der Waals surface area contributed by atoms with Crippen LogP contribution in [0.25, 0.3) is 22.0 Å². The van der Waals surface area contributed by atoms with Gasteiger partial charge in [0, 0.05) is 39.4 Å². The molecular weight excluding hydrogens is 524 g/mol. The predicted molar refractivity (Wildman–Crippen MR) is 159 cm³/mol. The van der Waals surface area contributed by atoms with Crippen molar-refractivity contribution in [3.63, 3.8) is 0 Å². The maximum Gasteiger partial charge on any atom is 0.323 e. The first kappa shape index (κ1) is 25.7. The summed E-state index contributed by atoms with van der Waals surface area (Å²) in [5, 5.41) is 20.7. The lowest BCUT2D eigenvalue weighted by Gasteiger charge is -2.29. The number of urea groups is 1. The van der Waals surface area contributed by atoms with Crippen molar-refractivity contribution >= 4 is 51.7 Å². The number of aromatic amines is 1. The fourth-order valence-corrected chi connectivity index (χ4v) is 5.71. The highest BCUT2D eigenvalue weighted by Gasteiger charge is 2.25. The Morgan fingerprint density at radius 3 is 2.77 bits per heavy atom. The molecule has 0 radical (unpaired) electrons.